The van der Waals surface area contributed by atoms with Gasteiger partial charge in [0.05, 0.1) is 17.4 Å². The van der Waals surface area contributed by atoms with Crippen LogP contribution < -0.4 is 16.6 Å². The molecule has 2 rings (SSSR count). The van der Waals surface area contributed by atoms with Gasteiger partial charge in [0, 0.05) is 18.0 Å². The van der Waals surface area contributed by atoms with E-state index in [1.807, 2.05) is 0 Å². The molecule has 2 aromatic rings. The molecule has 1 aromatic carbocycles. The van der Waals surface area contributed by atoms with Crippen LogP contribution in [0.4, 0.5) is 20.2 Å². The molecule has 0 atom stereocenters. The van der Waals surface area contributed by atoms with Gasteiger partial charge in [0.15, 0.2) is 11.6 Å². The van der Waals surface area contributed by atoms with E-state index in [2.05, 4.69) is 15.7 Å². The fourth-order valence-corrected chi connectivity index (χ4v) is 1.48. The van der Waals surface area contributed by atoms with Gasteiger partial charge in [-0.25, -0.2) is 8.78 Å². The topological polar surface area (TPSA) is 80.0 Å². The van der Waals surface area contributed by atoms with Gasteiger partial charge in [-0.3, -0.25) is 15.6 Å². The minimum absolute atomic E-state index is 0.142. The molecule has 0 saturated carbocycles. The zero-order valence-electron chi connectivity index (χ0n) is 9.65. The Morgan fingerprint density at radius 2 is 2.00 bits per heavy atom. The highest BCUT2D eigenvalue weighted by Crippen LogP contribution is 2.17. The summed E-state index contributed by atoms with van der Waals surface area (Å²) in [7, 11) is 0. The van der Waals surface area contributed by atoms with Crippen molar-refractivity contribution in [3.63, 3.8) is 0 Å². The van der Waals surface area contributed by atoms with Gasteiger partial charge < -0.3 is 10.7 Å². The Bertz CT molecular complexity index is 618. The van der Waals surface area contributed by atoms with E-state index in [0.717, 1.165) is 12.1 Å². The van der Waals surface area contributed by atoms with Crippen molar-refractivity contribution in [2.75, 3.05) is 10.7 Å². The van der Waals surface area contributed by atoms with Crippen molar-refractivity contribution in [3.05, 3.63) is 53.9 Å². The van der Waals surface area contributed by atoms with Crippen molar-refractivity contribution in [2.24, 2.45) is 5.84 Å². The maximum atomic E-state index is 13.0. The molecule has 1 amide bonds. The minimum atomic E-state index is -1.04. The van der Waals surface area contributed by atoms with Crippen LogP contribution in [0.25, 0.3) is 0 Å². The first kappa shape index (κ1) is 12.9. The molecule has 1 aromatic heterocycles. The van der Waals surface area contributed by atoms with Gasteiger partial charge in [-0.15, -0.1) is 0 Å². The van der Waals surface area contributed by atoms with Crippen LogP contribution >= 0.6 is 0 Å². The van der Waals surface area contributed by atoms with Crippen LogP contribution in [0.1, 0.15) is 10.4 Å². The lowest BCUT2D eigenvalue weighted by atomic mass is 10.2. The third-order valence-corrected chi connectivity index (χ3v) is 2.40. The van der Waals surface area contributed by atoms with Crippen LogP contribution in [0, 0.1) is 11.6 Å². The highest BCUT2D eigenvalue weighted by Gasteiger charge is 2.12. The highest BCUT2D eigenvalue weighted by molar-refractivity contribution is 6.07. The Morgan fingerprint density at radius 3 is 2.68 bits per heavy atom. The molecular formula is C12H10F2N4O. The van der Waals surface area contributed by atoms with Crippen molar-refractivity contribution >= 4 is 17.3 Å². The van der Waals surface area contributed by atoms with Crippen LogP contribution in [-0.4, -0.2) is 10.9 Å². The van der Waals surface area contributed by atoms with Crippen molar-refractivity contribution in [3.8, 4) is 0 Å². The van der Waals surface area contributed by atoms with E-state index in [0.29, 0.717) is 5.69 Å². The Balaban J connectivity index is 2.23. The number of amides is 1. The summed E-state index contributed by atoms with van der Waals surface area (Å²) in [5.74, 6) is 2.72. The molecule has 0 aliphatic carbocycles. The first-order valence-electron chi connectivity index (χ1n) is 5.29. The molecule has 98 valence electrons. The second-order valence-corrected chi connectivity index (χ2v) is 3.65. The zero-order valence-corrected chi connectivity index (χ0v) is 9.65. The number of carbonyl (C=O) groups is 1. The smallest absolute Gasteiger partial charge is 0.257 e. The van der Waals surface area contributed by atoms with Gasteiger partial charge in [0.2, 0.25) is 0 Å². The number of hydrogen-bond donors (Lipinski definition) is 3. The maximum absolute atomic E-state index is 13.0. The van der Waals surface area contributed by atoms with Crippen LogP contribution in [0.5, 0.6) is 0 Å². The van der Waals surface area contributed by atoms with E-state index < -0.39 is 17.5 Å². The summed E-state index contributed by atoms with van der Waals surface area (Å²) in [4.78, 5) is 15.7. The molecule has 0 bridgehead atoms. The first-order chi connectivity index (χ1) is 9.11. The van der Waals surface area contributed by atoms with Gasteiger partial charge in [0.1, 0.15) is 0 Å². The Labute approximate surface area is 107 Å². The normalized spacial score (nSPS) is 10.1. The molecule has 0 aliphatic heterocycles. The first-order valence-corrected chi connectivity index (χ1v) is 5.29. The molecule has 0 fully saturated rings. The molecule has 0 aliphatic rings. The predicted molar refractivity (Wildman–Crippen MR) is 66.4 cm³/mol. The Morgan fingerprint density at radius 1 is 1.21 bits per heavy atom. The summed E-state index contributed by atoms with van der Waals surface area (Å²) in [5, 5.41) is 2.43. The third kappa shape index (κ3) is 2.83. The second kappa shape index (κ2) is 5.40. The number of nitrogens with zero attached hydrogens (tertiary/aromatic N) is 1. The molecule has 0 saturated heterocycles. The number of hydrogen-bond acceptors (Lipinski definition) is 4. The van der Waals surface area contributed by atoms with Crippen LogP contribution in [0.2, 0.25) is 0 Å². The fourth-order valence-electron chi connectivity index (χ4n) is 1.48. The predicted octanol–water partition coefficient (Wildman–Crippen LogP) is 1.90. The molecular weight excluding hydrogens is 254 g/mol. The van der Waals surface area contributed by atoms with Crippen molar-refractivity contribution in [1.82, 2.24) is 4.98 Å². The average Bonchev–Trinajstić information content (AvgIpc) is 2.43. The third-order valence-electron chi connectivity index (χ3n) is 2.40. The molecule has 1 heterocycles. The van der Waals surface area contributed by atoms with E-state index >= 15 is 0 Å². The van der Waals surface area contributed by atoms with Crippen molar-refractivity contribution < 1.29 is 13.6 Å². The van der Waals surface area contributed by atoms with Crippen molar-refractivity contribution in [2.45, 2.75) is 0 Å². The Hall–Kier alpha value is -2.54. The average molecular weight is 264 g/mol. The molecule has 7 heteroatoms. The van der Waals surface area contributed by atoms with E-state index in [1.165, 1.54) is 24.5 Å². The van der Waals surface area contributed by atoms with Crippen LogP contribution in [0.3, 0.4) is 0 Å². The molecule has 0 radical (unpaired) electrons. The molecule has 0 unspecified atom stereocenters. The number of anilines is 2. The number of halogens is 2. The number of pyridine rings is 1. The van der Waals surface area contributed by atoms with Crippen LogP contribution in [0.15, 0.2) is 36.7 Å². The van der Waals surface area contributed by atoms with E-state index in [4.69, 9.17) is 5.84 Å². The summed E-state index contributed by atoms with van der Waals surface area (Å²) in [6, 6.07) is 4.53. The number of nitrogen functional groups attached to an aromatic ring is 1. The lowest BCUT2D eigenvalue weighted by molar-refractivity contribution is 0.102. The van der Waals surface area contributed by atoms with Gasteiger partial charge >= 0.3 is 0 Å². The SMILES string of the molecule is NNc1cnccc1C(=O)Nc1ccc(F)c(F)c1. The number of nitrogens with one attached hydrogen (secondary N) is 2. The quantitative estimate of drug-likeness (QED) is 0.584. The molecule has 19 heavy (non-hydrogen) atoms. The number of nitrogens with two attached hydrogens (primary N) is 1. The largest absolute Gasteiger partial charge is 0.322 e. The number of hydrazine groups is 1. The number of carbonyl (C=O) groups excluding carboxylic acids is 1. The minimum Gasteiger partial charge on any atom is -0.322 e. The summed E-state index contributed by atoms with van der Waals surface area (Å²) in [6.45, 7) is 0. The lowest BCUT2D eigenvalue weighted by Crippen LogP contribution is -2.17. The van der Waals surface area contributed by atoms with E-state index in [1.54, 1.807) is 0 Å². The number of aromatic nitrogens is 1. The van der Waals surface area contributed by atoms with Gasteiger partial charge in [-0.05, 0) is 18.2 Å². The molecule has 0 spiro atoms. The summed E-state index contributed by atoms with van der Waals surface area (Å²) in [5.41, 5.74) is 3.03. The summed E-state index contributed by atoms with van der Waals surface area (Å²) in [6.07, 6.45) is 2.79. The molecule has 4 N–H and O–H groups in total. The fraction of sp³-hybridized carbons (Fsp3) is 0. The van der Waals surface area contributed by atoms with Gasteiger partial charge in [0.25, 0.3) is 5.91 Å². The second-order valence-electron chi connectivity index (χ2n) is 3.65. The van der Waals surface area contributed by atoms with E-state index in [9.17, 15) is 13.6 Å². The summed E-state index contributed by atoms with van der Waals surface area (Å²) < 4.78 is 25.8. The summed E-state index contributed by atoms with van der Waals surface area (Å²) >= 11 is 0. The monoisotopic (exact) mass is 264 g/mol. The van der Waals surface area contributed by atoms with Gasteiger partial charge in [-0.1, -0.05) is 0 Å². The number of rotatable bonds is 3. The maximum Gasteiger partial charge on any atom is 0.257 e. The Kier molecular flexibility index (Phi) is 3.67. The van der Waals surface area contributed by atoms with Gasteiger partial charge in [-0.2, -0.15) is 0 Å². The standard InChI is InChI=1S/C12H10F2N4O/c13-9-2-1-7(5-10(9)14)17-12(19)8-3-4-16-6-11(8)18-15/h1-6,18H,15H2,(H,17,19). The van der Waals surface area contributed by atoms with E-state index in [-0.39, 0.29) is 11.3 Å². The van der Waals surface area contributed by atoms with Crippen LogP contribution in [-0.2, 0) is 0 Å². The van der Waals surface area contributed by atoms with Crippen molar-refractivity contribution in [1.29, 1.82) is 0 Å². The lowest BCUT2D eigenvalue weighted by Gasteiger charge is -2.09. The zero-order chi connectivity index (χ0) is 13.8. The molecule has 5 nitrogen and oxygen atoms in total. The number of benzene rings is 1. The highest BCUT2D eigenvalue weighted by atomic mass is 19.2.